The lowest BCUT2D eigenvalue weighted by molar-refractivity contribution is 0.368. The van der Waals surface area contributed by atoms with Gasteiger partial charge in [-0.25, -0.2) is 8.42 Å². The van der Waals surface area contributed by atoms with Crippen LogP contribution in [-0.2, 0) is 9.84 Å². The van der Waals surface area contributed by atoms with Gasteiger partial charge in [-0.05, 0) is 36.1 Å². The third-order valence-corrected chi connectivity index (χ3v) is 7.72. The first-order valence-electron chi connectivity index (χ1n) is 9.58. The molecule has 1 atom stereocenters. The van der Waals surface area contributed by atoms with Gasteiger partial charge in [0.25, 0.3) is 0 Å². The lowest BCUT2D eigenvalue weighted by atomic mass is 10.2. The van der Waals surface area contributed by atoms with Crippen molar-refractivity contribution < 1.29 is 8.42 Å². The highest BCUT2D eigenvalue weighted by atomic mass is 32.2. The van der Waals surface area contributed by atoms with Crippen molar-refractivity contribution in [3.05, 3.63) is 47.8 Å². The van der Waals surface area contributed by atoms with E-state index in [1.165, 1.54) is 5.00 Å². The highest BCUT2D eigenvalue weighted by Crippen LogP contribution is 2.22. The van der Waals surface area contributed by atoms with Gasteiger partial charge in [-0.1, -0.05) is 25.1 Å². The molecule has 1 unspecified atom stereocenters. The van der Waals surface area contributed by atoms with Crippen molar-refractivity contribution in [2.45, 2.75) is 24.3 Å². The van der Waals surface area contributed by atoms with E-state index in [4.69, 9.17) is 0 Å². The molecule has 1 aliphatic heterocycles. The molecule has 1 N–H and O–H groups in total. The van der Waals surface area contributed by atoms with Crippen LogP contribution in [0.3, 0.4) is 0 Å². The van der Waals surface area contributed by atoms with Crippen molar-refractivity contribution >= 4 is 32.1 Å². The second-order valence-electron chi connectivity index (χ2n) is 6.82. The van der Waals surface area contributed by atoms with Gasteiger partial charge in [0.1, 0.15) is 0 Å². The Hall–Kier alpha value is -2.06. The van der Waals surface area contributed by atoms with Crippen LogP contribution in [0.15, 0.2) is 57.7 Å². The quantitative estimate of drug-likeness (QED) is 0.575. The van der Waals surface area contributed by atoms with Crippen LogP contribution < -0.4 is 10.2 Å². The molecule has 3 rings (SSSR count). The highest BCUT2D eigenvalue weighted by Gasteiger charge is 2.25. The molecule has 0 radical (unpaired) electrons. The molecule has 0 saturated carbocycles. The minimum Gasteiger partial charge on any atom is -0.360 e. The number of nitrogens with zero attached hydrogens (tertiary/aromatic N) is 3. The molecule has 2 heterocycles. The fourth-order valence-corrected chi connectivity index (χ4v) is 5.72. The zero-order valence-electron chi connectivity index (χ0n) is 16.4. The largest absolute Gasteiger partial charge is 0.360 e. The predicted molar refractivity (Wildman–Crippen MR) is 117 cm³/mol. The number of hydrogen-bond donors (Lipinski definition) is 1. The number of hydrogen-bond acceptors (Lipinski definition) is 5. The summed E-state index contributed by atoms with van der Waals surface area (Å²) in [6, 6.07) is 12.7. The van der Waals surface area contributed by atoms with Gasteiger partial charge in [-0.3, -0.25) is 4.99 Å². The van der Waals surface area contributed by atoms with Crippen LogP contribution >= 0.6 is 11.3 Å². The number of rotatable bonds is 6. The fraction of sp³-hybridized carbons (Fsp3) is 0.450. The van der Waals surface area contributed by atoms with E-state index in [-0.39, 0.29) is 11.8 Å². The first-order valence-corrected chi connectivity index (χ1v) is 12.1. The third-order valence-electron chi connectivity index (χ3n) is 4.96. The minimum atomic E-state index is -3.34. The van der Waals surface area contributed by atoms with E-state index < -0.39 is 9.84 Å². The fourth-order valence-electron chi connectivity index (χ4n) is 3.32. The first-order chi connectivity index (χ1) is 13.5. The summed E-state index contributed by atoms with van der Waals surface area (Å²) < 4.78 is 25.4. The molecule has 0 amide bonds. The summed E-state index contributed by atoms with van der Waals surface area (Å²) in [5.41, 5.74) is 0. The second-order valence-corrected chi connectivity index (χ2v) is 9.78. The van der Waals surface area contributed by atoms with Gasteiger partial charge in [-0.15, -0.1) is 11.3 Å². The van der Waals surface area contributed by atoms with E-state index in [1.807, 2.05) is 13.0 Å². The monoisotopic (exact) mass is 420 g/mol. The van der Waals surface area contributed by atoms with E-state index in [1.54, 1.807) is 42.6 Å². The Kier molecular flexibility index (Phi) is 6.96. The van der Waals surface area contributed by atoms with Crippen LogP contribution in [0.1, 0.15) is 13.3 Å². The van der Waals surface area contributed by atoms with Crippen LogP contribution in [0.25, 0.3) is 0 Å². The predicted octanol–water partition coefficient (Wildman–Crippen LogP) is 2.70. The molecule has 8 heteroatoms. The van der Waals surface area contributed by atoms with E-state index in [9.17, 15) is 8.42 Å². The summed E-state index contributed by atoms with van der Waals surface area (Å²) in [6.45, 7) is 5.58. The Morgan fingerprint density at radius 2 is 1.86 bits per heavy atom. The number of aliphatic imine (C=N–C) groups is 1. The van der Waals surface area contributed by atoms with Crippen LogP contribution in [0.2, 0.25) is 0 Å². The molecular weight excluding hydrogens is 392 g/mol. The van der Waals surface area contributed by atoms with Gasteiger partial charge in [0.05, 0.1) is 15.6 Å². The SMILES string of the molecule is CCC(CS(=O)(=O)c1ccccc1)NC(=NC)N1CCN(c2cccs2)CC1. The number of nitrogens with one attached hydrogen (secondary N) is 1. The van der Waals surface area contributed by atoms with Crippen LogP contribution in [-0.4, -0.2) is 64.3 Å². The molecule has 1 aliphatic rings. The number of piperazine rings is 1. The molecule has 152 valence electrons. The van der Waals surface area contributed by atoms with Gasteiger partial charge in [0.15, 0.2) is 15.8 Å². The molecule has 1 aromatic carbocycles. The molecule has 1 fully saturated rings. The zero-order chi connectivity index (χ0) is 20.0. The maximum atomic E-state index is 12.7. The Balaban J connectivity index is 1.60. The van der Waals surface area contributed by atoms with Crippen molar-refractivity contribution in [3.8, 4) is 0 Å². The minimum absolute atomic E-state index is 0.0572. The van der Waals surface area contributed by atoms with E-state index in [2.05, 4.69) is 37.6 Å². The lowest BCUT2D eigenvalue weighted by Gasteiger charge is -2.37. The normalized spacial score (nSPS) is 16.9. The molecule has 6 nitrogen and oxygen atoms in total. The van der Waals surface area contributed by atoms with Crippen molar-refractivity contribution in [2.24, 2.45) is 4.99 Å². The first kappa shape index (κ1) is 20.7. The molecule has 1 aromatic heterocycles. The summed E-state index contributed by atoms with van der Waals surface area (Å²) in [5.74, 6) is 0.836. The van der Waals surface area contributed by atoms with Crippen molar-refractivity contribution in [1.82, 2.24) is 10.2 Å². The van der Waals surface area contributed by atoms with Gasteiger partial charge in [-0.2, -0.15) is 0 Å². The average molecular weight is 421 g/mol. The Morgan fingerprint density at radius 3 is 2.43 bits per heavy atom. The van der Waals surface area contributed by atoms with E-state index in [0.717, 1.165) is 32.1 Å². The Morgan fingerprint density at radius 1 is 1.14 bits per heavy atom. The van der Waals surface area contributed by atoms with Gasteiger partial charge in [0.2, 0.25) is 0 Å². The summed E-state index contributed by atoms with van der Waals surface area (Å²) in [6.07, 6.45) is 0.709. The van der Waals surface area contributed by atoms with Crippen molar-refractivity contribution in [1.29, 1.82) is 0 Å². The van der Waals surface area contributed by atoms with Crippen LogP contribution in [0.4, 0.5) is 5.00 Å². The number of guanidine groups is 1. The molecule has 2 aromatic rings. The Labute approximate surface area is 171 Å². The summed E-state index contributed by atoms with van der Waals surface area (Å²) in [5, 5.41) is 6.77. The number of benzene rings is 1. The van der Waals surface area contributed by atoms with Crippen molar-refractivity contribution in [2.75, 3.05) is 43.9 Å². The Bertz CT molecular complexity index is 859. The maximum absolute atomic E-state index is 12.7. The topological polar surface area (TPSA) is 65.0 Å². The molecular formula is C20H28N4O2S2. The zero-order valence-corrected chi connectivity index (χ0v) is 18.0. The van der Waals surface area contributed by atoms with E-state index >= 15 is 0 Å². The summed E-state index contributed by atoms with van der Waals surface area (Å²) >= 11 is 1.76. The molecule has 1 saturated heterocycles. The molecule has 0 spiro atoms. The lowest BCUT2D eigenvalue weighted by Crippen LogP contribution is -2.55. The smallest absolute Gasteiger partial charge is 0.194 e. The third kappa shape index (κ3) is 5.05. The van der Waals surface area contributed by atoms with Crippen molar-refractivity contribution in [3.63, 3.8) is 0 Å². The molecule has 28 heavy (non-hydrogen) atoms. The van der Waals surface area contributed by atoms with E-state index in [0.29, 0.717) is 11.3 Å². The number of sulfone groups is 1. The summed E-state index contributed by atoms with van der Waals surface area (Å²) in [7, 11) is -1.58. The van der Waals surface area contributed by atoms with Gasteiger partial charge in [0, 0.05) is 39.3 Å². The standard InChI is InChI=1S/C20H28N4O2S2/c1-3-17(16-28(25,26)18-8-5-4-6-9-18)22-20(21-2)24-13-11-23(12-14-24)19-10-7-15-27-19/h4-10,15,17H,3,11-14,16H2,1-2H3,(H,21,22). The number of thiophene rings is 1. The summed E-state index contributed by atoms with van der Waals surface area (Å²) in [4.78, 5) is 9.37. The van der Waals surface area contributed by atoms with Gasteiger partial charge < -0.3 is 15.1 Å². The van der Waals surface area contributed by atoms with Crippen LogP contribution in [0, 0.1) is 0 Å². The second kappa shape index (κ2) is 9.43. The molecule has 0 bridgehead atoms. The molecule has 0 aliphatic carbocycles. The van der Waals surface area contributed by atoms with Gasteiger partial charge >= 0.3 is 0 Å². The maximum Gasteiger partial charge on any atom is 0.194 e. The highest BCUT2D eigenvalue weighted by molar-refractivity contribution is 7.91. The van der Waals surface area contributed by atoms with Crippen LogP contribution in [0.5, 0.6) is 0 Å². The number of anilines is 1. The average Bonchev–Trinajstić information content (AvgIpc) is 3.27.